The molecule has 1 aromatic heterocycles. The summed E-state index contributed by atoms with van der Waals surface area (Å²) >= 11 is 1.15. The Morgan fingerprint density at radius 3 is 2.81 bits per heavy atom. The Bertz CT molecular complexity index is 1240. The summed E-state index contributed by atoms with van der Waals surface area (Å²) in [5.41, 5.74) is 1.21. The van der Waals surface area contributed by atoms with Crippen LogP contribution < -0.4 is 9.64 Å². The van der Waals surface area contributed by atoms with Crippen molar-refractivity contribution in [1.82, 2.24) is 4.98 Å². The molecule has 2 atom stereocenters. The first-order valence-electron chi connectivity index (χ1n) is 9.70. The van der Waals surface area contributed by atoms with Crippen LogP contribution in [0, 0.1) is 5.82 Å². The number of ether oxygens (including phenoxy) is 1. The molecule has 1 amide bonds. The summed E-state index contributed by atoms with van der Waals surface area (Å²) in [5, 5.41) is 13.1. The number of thiazole rings is 1. The summed E-state index contributed by atoms with van der Waals surface area (Å²) < 4.78 is 20.5. The molecule has 2 aliphatic heterocycles. The number of hydrogen-bond acceptors (Lipinski definition) is 6. The van der Waals surface area contributed by atoms with Gasteiger partial charge in [-0.3, -0.25) is 14.5 Å². The van der Waals surface area contributed by atoms with Crippen LogP contribution >= 0.6 is 11.3 Å². The van der Waals surface area contributed by atoms with Crippen molar-refractivity contribution in [2.45, 2.75) is 25.5 Å². The van der Waals surface area contributed by atoms with Crippen molar-refractivity contribution in [1.29, 1.82) is 0 Å². The van der Waals surface area contributed by atoms with Crippen LogP contribution in [0.15, 0.2) is 59.6 Å². The van der Waals surface area contributed by atoms with Crippen LogP contribution in [0.4, 0.5) is 9.52 Å². The smallest absolute Gasteiger partial charge is 0.301 e. The minimum atomic E-state index is -1.13. The van der Waals surface area contributed by atoms with Gasteiger partial charge in [-0.25, -0.2) is 9.37 Å². The van der Waals surface area contributed by atoms with Crippen LogP contribution in [0.3, 0.4) is 0 Å². The highest BCUT2D eigenvalue weighted by atomic mass is 32.1. The fraction of sp³-hybridized carbons (Fsp3) is 0.174. The lowest BCUT2D eigenvalue weighted by Crippen LogP contribution is -2.29. The first-order chi connectivity index (χ1) is 15.0. The lowest BCUT2D eigenvalue weighted by molar-refractivity contribution is -0.132. The average molecular weight is 436 g/mol. The Morgan fingerprint density at radius 2 is 2.06 bits per heavy atom. The van der Waals surface area contributed by atoms with Crippen molar-refractivity contribution in [3.05, 3.63) is 82.1 Å². The Morgan fingerprint density at radius 1 is 1.26 bits per heavy atom. The van der Waals surface area contributed by atoms with Crippen molar-refractivity contribution in [2.75, 3.05) is 4.90 Å². The van der Waals surface area contributed by atoms with Crippen molar-refractivity contribution in [3.8, 4) is 5.75 Å². The van der Waals surface area contributed by atoms with E-state index in [1.807, 2.05) is 6.92 Å². The van der Waals surface area contributed by atoms with Crippen molar-refractivity contribution >= 4 is 33.9 Å². The topological polar surface area (TPSA) is 79.7 Å². The lowest BCUT2D eigenvalue weighted by atomic mass is 9.94. The zero-order valence-electron chi connectivity index (χ0n) is 16.4. The maximum Gasteiger partial charge on any atom is 0.301 e. The molecule has 0 bridgehead atoms. The molecule has 2 aliphatic rings. The summed E-state index contributed by atoms with van der Waals surface area (Å²) in [6, 6.07) is 9.86. The third kappa shape index (κ3) is 3.11. The number of nitrogens with zero attached hydrogens (tertiary/aromatic N) is 2. The number of anilines is 1. The fourth-order valence-electron chi connectivity index (χ4n) is 4.08. The number of rotatable bonds is 3. The van der Waals surface area contributed by atoms with Crippen LogP contribution in [0.5, 0.6) is 5.75 Å². The van der Waals surface area contributed by atoms with Gasteiger partial charge in [-0.1, -0.05) is 18.2 Å². The molecule has 3 heterocycles. The van der Waals surface area contributed by atoms with Crippen LogP contribution in [0.25, 0.3) is 5.76 Å². The van der Waals surface area contributed by atoms with Gasteiger partial charge in [-0.15, -0.1) is 11.3 Å². The number of carbonyl (C=O) groups excluding carboxylic acids is 2. The maximum absolute atomic E-state index is 14.8. The number of aromatic nitrogens is 1. The summed E-state index contributed by atoms with van der Waals surface area (Å²) in [6.45, 7) is 1.94. The number of carbonyl (C=O) groups is 2. The van der Waals surface area contributed by atoms with E-state index in [0.717, 1.165) is 27.5 Å². The highest BCUT2D eigenvalue weighted by Gasteiger charge is 2.48. The van der Waals surface area contributed by atoms with Gasteiger partial charge >= 0.3 is 5.91 Å². The first-order valence-corrected chi connectivity index (χ1v) is 10.6. The monoisotopic (exact) mass is 436 g/mol. The zero-order valence-corrected chi connectivity index (χ0v) is 17.2. The molecule has 0 aliphatic carbocycles. The SMILES string of the molecule is C[C@H]1Cc2cc(/C(O)=C3\C(=O)C(=O)N(c4nccs4)[C@H]3c3ccccc3F)ccc2O1. The molecular formula is C23H17FN2O4S. The third-order valence-electron chi connectivity index (χ3n) is 5.44. The molecule has 3 aromatic rings. The number of amides is 1. The van der Waals surface area contributed by atoms with E-state index in [1.54, 1.807) is 29.6 Å². The zero-order chi connectivity index (χ0) is 21.7. The van der Waals surface area contributed by atoms with Gasteiger partial charge in [-0.05, 0) is 36.8 Å². The normalized spacial score (nSPS) is 21.9. The Hall–Kier alpha value is -3.52. The molecule has 0 radical (unpaired) electrons. The predicted molar refractivity (Wildman–Crippen MR) is 114 cm³/mol. The summed E-state index contributed by atoms with van der Waals surface area (Å²) in [6.07, 6.45) is 2.18. The molecule has 2 aromatic carbocycles. The number of fused-ring (bicyclic) bond motifs is 1. The van der Waals surface area contributed by atoms with E-state index in [2.05, 4.69) is 4.98 Å². The first kappa shape index (κ1) is 19.4. The minimum Gasteiger partial charge on any atom is -0.507 e. The van der Waals surface area contributed by atoms with Crippen molar-refractivity contribution in [2.24, 2.45) is 0 Å². The van der Waals surface area contributed by atoms with E-state index in [4.69, 9.17) is 4.74 Å². The van der Waals surface area contributed by atoms with Crippen LogP contribution in [-0.2, 0) is 16.0 Å². The van der Waals surface area contributed by atoms with E-state index < -0.39 is 23.5 Å². The van der Waals surface area contributed by atoms with Crippen molar-refractivity contribution in [3.63, 3.8) is 0 Å². The average Bonchev–Trinajstić information content (AvgIpc) is 3.46. The van der Waals surface area contributed by atoms with Gasteiger partial charge in [0.1, 0.15) is 29.5 Å². The van der Waals surface area contributed by atoms with Crippen LogP contribution in [0.1, 0.15) is 29.7 Å². The maximum atomic E-state index is 14.8. The van der Waals surface area contributed by atoms with Gasteiger partial charge in [0.25, 0.3) is 5.78 Å². The highest BCUT2D eigenvalue weighted by molar-refractivity contribution is 7.14. The lowest BCUT2D eigenvalue weighted by Gasteiger charge is -2.23. The molecule has 156 valence electrons. The number of aliphatic hydroxyl groups is 1. The van der Waals surface area contributed by atoms with E-state index in [9.17, 15) is 19.1 Å². The second kappa shape index (κ2) is 7.31. The molecule has 1 N–H and O–H groups in total. The Kier molecular flexibility index (Phi) is 4.59. The number of ketones is 1. The van der Waals surface area contributed by atoms with Gasteiger partial charge in [0.2, 0.25) is 0 Å². The number of Topliss-reactive ketones (excluding diaryl/α,β-unsaturated/α-hetero) is 1. The van der Waals surface area contributed by atoms with Gasteiger partial charge in [0, 0.05) is 29.1 Å². The number of halogens is 1. The van der Waals surface area contributed by atoms with Crippen LogP contribution in [0.2, 0.25) is 0 Å². The molecule has 8 heteroatoms. The Labute approximate surface area is 181 Å². The van der Waals surface area contributed by atoms with E-state index in [0.29, 0.717) is 12.0 Å². The summed E-state index contributed by atoms with van der Waals surface area (Å²) in [4.78, 5) is 31.2. The van der Waals surface area contributed by atoms with Gasteiger partial charge in [-0.2, -0.15) is 0 Å². The minimum absolute atomic E-state index is 0.0151. The molecule has 0 spiro atoms. The van der Waals surface area contributed by atoms with Crippen LogP contribution in [-0.4, -0.2) is 27.9 Å². The standard InChI is InChI=1S/C23H17FN2O4S/c1-12-10-14-11-13(6-7-17(14)30-12)20(27)18-19(15-4-2-3-5-16(15)24)26(22(29)21(18)28)23-25-8-9-31-23/h2-9,11-12,19,27H,10H2,1H3/b20-18+/t12-,19-/m0/s1. The molecule has 1 saturated heterocycles. The molecule has 6 nitrogen and oxygen atoms in total. The van der Waals surface area contributed by atoms with E-state index >= 15 is 0 Å². The van der Waals surface area contributed by atoms with Gasteiger partial charge in [0.05, 0.1) is 5.57 Å². The number of aliphatic hydroxyl groups excluding tert-OH is 1. The number of benzene rings is 2. The summed E-state index contributed by atoms with van der Waals surface area (Å²) in [7, 11) is 0. The molecule has 0 saturated carbocycles. The predicted octanol–water partition coefficient (Wildman–Crippen LogP) is 4.23. The summed E-state index contributed by atoms with van der Waals surface area (Å²) in [5.74, 6) is -1.96. The molecule has 0 unspecified atom stereocenters. The quantitative estimate of drug-likeness (QED) is 0.378. The number of hydrogen-bond donors (Lipinski definition) is 1. The highest BCUT2D eigenvalue weighted by Crippen LogP contribution is 2.44. The third-order valence-corrected chi connectivity index (χ3v) is 6.21. The fourth-order valence-corrected chi connectivity index (χ4v) is 4.75. The van der Waals surface area contributed by atoms with Gasteiger partial charge < -0.3 is 9.84 Å². The van der Waals surface area contributed by atoms with Gasteiger partial charge in [0.15, 0.2) is 5.13 Å². The van der Waals surface area contributed by atoms with Crippen molar-refractivity contribution < 1.29 is 23.8 Å². The van der Waals surface area contributed by atoms with E-state index in [-0.39, 0.29) is 28.1 Å². The molecule has 1 fully saturated rings. The second-order valence-electron chi connectivity index (χ2n) is 7.46. The van der Waals surface area contributed by atoms with E-state index in [1.165, 1.54) is 24.4 Å². The second-order valence-corrected chi connectivity index (χ2v) is 8.33. The largest absolute Gasteiger partial charge is 0.507 e. The molecule has 5 rings (SSSR count). The molecule has 31 heavy (non-hydrogen) atoms. The molecular weight excluding hydrogens is 419 g/mol. The Balaban J connectivity index is 1.70.